The Bertz CT molecular complexity index is 94.9. The minimum atomic E-state index is 0.379. The molecule has 3 atom stereocenters. The summed E-state index contributed by atoms with van der Waals surface area (Å²) in [5.74, 6) is 0.621. The summed E-state index contributed by atoms with van der Waals surface area (Å²) in [5, 5.41) is 0.379. The molecule has 1 saturated carbocycles. The quantitative estimate of drug-likeness (QED) is 0.519. The fraction of sp³-hybridized carbons (Fsp3) is 1.00. The van der Waals surface area contributed by atoms with Gasteiger partial charge < -0.3 is 5.73 Å². The molecule has 0 amide bonds. The lowest BCUT2D eigenvalue weighted by Crippen LogP contribution is -2.32. The second kappa shape index (κ2) is 2.89. The molecule has 0 bridgehead atoms. The summed E-state index contributed by atoms with van der Waals surface area (Å²) in [7, 11) is 0. The number of nitrogens with two attached hydrogens (primary N) is 1. The van der Waals surface area contributed by atoms with E-state index in [0.717, 1.165) is 19.3 Å². The lowest BCUT2D eigenvalue weighted by atomic mass is 9.87. The van der Waals surface area contributed by atoms with Crippen molar-refractivity contribution in [2.24, 2.45) is 11.7 Å². The molecule has 2 heteroatoms. The molecular weight excluding hydrogens is 134 g/mol. The predicted octanol–water partition coefficient (Wildman–Crippen LogP) is 1.74. The first-order valence-electron chi connectivity index (χ1n) is 3.60. The van der Waals surface area contributed by atoms with Gasteiger partial charge in [-0.1, -0.05) is 6.92 Å². The first kappa shape index (κ1) is 7.36. The monoisotopic (exact) mass is 147 g/mol. The highest BCUT2D eigenvalue weighted by Gasteiger charge is 2.23. The van der Waals surface area contributed by atoms with Gasteiger partial charge in [0.2, 0.25) is 0 Å². The van der Waals surface area contributed by atoms with E-state index in [2.05, 4.69) is 6.92 Å². The van der Waals surface area contributed by atoms with E-state index in [4.69, 9.17) is 17.3 Å². The maximum absolute atomic E-state index is 5.98. The van der Waals surface area contributed by atoms with Crippen LogP contribution in [-0.4, -0.2) is 11.4 Å². The zero-order chi connectivity index (χ0) is 6.85. The SMILES string of the molecule is CC1CC(N)CCC1Cl. The molecule has 1 aliphatic rings. The van der Waals surface area contributed by atoms with Crippen molar-refractivity contribution >= 4 is 11.6 Å². The van der Waals surface area contributed by atoms with Crippen LogP contribution in [0.25, 0.3) is 0 Å². The molecule has 3 unspecified atom stereocenters. The van der Waals surface area contributed by atoms with Gasteiger partial charge in [-0.05, 0) is 25.2 Å². The first-order valence-corrected chi connectivity index (χ1v) is 4.03. The fourth-order valence-corrected chi connectivity index (χ4v) is 1.63. The number of rotatable bonds is 0. The largest absolute Gasteiger partial charge is 0.328 e. The summed E-state index contributed by atoms with van der Waals surface area (Å²) in [6, 6.07) is 0.412. The van der Waals surface area contributed by atoms with Crippen LogP contribution in [0.3, 0.4) is 0 Å². The molecule has 0 aromatic rings. The second-order valence-electron chi connectivity index (χ2n) is 3.07. The van der Waals surface area contributed by atoms with Crippen molar-refractivity contribution in [1.82, 2.24) is 0 Å². The Hall–Kier alpha value is 0.250. The summed E-state index contributed by atoms with van der Waals surface area (Å²) >= 11 is 5.98. The third-order valence-electron chi connectivity index (χ3n) is 2.11. The van der Waals surface area contributed by atoms with Crippen LogP contribution < -0.4 is 5.73 Å². The molecule has 0 saturated heterocycles. The highest BCUT2D eigenvalue weighted by atomic mass is 35.5. The molecule has 1 fully saturated rings. The Morgan fingerprint density at radius 3 is 2.56 bits per heavy atom. The van der Waals surface area contributed by atoms with Gasteiger partial charge in [-0.2, -0.15) is 0 Å². The maximum atomic E-state index is 5.98. The lowest BCUT2D eigenvalue weighted by Gasteiger charge is -2.27. The van der Waals surface area contributed by atoms with Gasteiger partial charge in [-0.3, -0.25) is 0 Å². The molecule has 1 aliphatic carbocycles. The molecule has 0 heterocycles. The van der Waals surface area contributed by atoms with Gasteiger partial charge in [0, 0.05) is 11.4 Å². The molecule has 0 radical (unpaired) electrons. The van der Waals surface area contributed by atoms with E-state index in [1.165, 1.54) is 0 Å². The molecule has 0 aromatic heterocycles. The maximum Gasteiger partial charge on any atom is 0.0362 e. The van der Waals surface area contributed by atoms with Crippen molar-refractivity contribution in [3.8, 4) is 0 Å². The minimum Gasteiger partial charge on any atom is -0.328 e. The zero-order valence-electron chi connectivity index (χ0n) is 5.81. The highest BCUT2D eigenvalue weighted by Crippen LogP contribution is 2.27. The van der Waals surface area contributed by atoms with Crippen LogP contribution in [0, 0.1) is 5.92 Å². The highest BCUT2D eigenvalue weighted by molar-refractivity contribution is 6.20. The van der Waals surface area contributed by atoms with E-state index in [9.17, 15) is 0 Å². The van der Waals surface area contributed by atoms with Gasteiger partial charge in [-0.25, -0.2) is 0 Å². The number of hydrogen-bond acceptors (Lipinski definition) is 1. The van der Waals surface area contributed by atoms with Gasteiger partial charge in [-0.15, -0.1) is 11.6 Å². The molecule has 1 nitrogen and oxygen atoms in total. The third-order valence-corrected chi connectivity index (χ3v) is 2.75. The summed E-state index contributed by atoms with van der Waals surface area (Å²) in [4.78, 5) is 0. The minimum absolute atomic E-state index is 0.379. The smallest absolute Gasteiger partial charge is 0.0362 e. The summed E-state index contributed by atoms with van der Waals surface area (Å²) in [5.41, 5.74) is 5.73. The van der Waals surface area contributed by atoms with Gasteiger partial charge in [0.25, 0.3) is 0 Å². The fourth-order valence-electron chi connectivity index (χ4n) is 1.40. The number of hydrogen-bond donors (Lipinski definition) is 1. The molecule has 0 spiro atoms. The van der Waals surface area contributed by atoms with Crippen molar-refractivity contribution in [2.75, 3.05) is 0 Å². The topological polar surface area (TPSA) is 26.0 Å². The van der Waals surface area contributed by atoms with Crippen molar-refractivity contribution in [3.05, 3.63) is 0 Å². The number of alkyl halides is 1. The summed E-state index contributed by atoms with van der Waals surface area (Å²) < 4.78 is 0. The van der Waals surface area contributed by atoms with Crippen molar-refractivity contribution in [2.45, 2.75) is 37.6 Å². The van der Waals surface area contributed by atoms with Gasteiger partial charge in [0.05, 0.1) is 0 Å². The Kier molecular flexibility index (Phi) is 2.36. The van der Waals surface area contributed by atoms with Crippen molar-refractivity contribution in [3.63, 3.8) is 0 Å². The molecule has 2 N–H and O–H groups in total. The van der Waals surface area contributed by atoms with Crippen LogP contribution in [0.4, 0.5) is 0 Å². The Morgan fingerprint density at radius 2 is 2.11 bits per heavy atom. The first-order chi connectivity index (χ1) is 4.20. The van der Waals surface area contributed by atoms with Crippen LogP contribution in [0.1, 0.15) is 26.2 Å². The second-order valence-corrected chi connectivity index (χ2v) is 3.63. The van der Waals surface area contributed by atoms with Crippen molar-refractivity contribution in [1.29, 1.82) is 0 Å². The van der Waals surface area contributed by atoms with Crippen LogP contribution >= 0.6 is 11.6 Å². The molecule has 0 aliphatic heterocycles. The van der Waals surface area contributed by atoms with Gasteiger partial charge in [0.1, 0.15) is 0 Å². The summed E-state index contributed by atoms with van der Waals surface area (Å²) in [6.45, 7) is 2.18. The average molecular weight is 148 g/mol. The van der Waals surface area contributed by atoms with Crippen LogP contribution in [0.2, 0.25) is 0 Å². The Labute approximate surface area is 61.6 Å². The average Bonchev–Trinajstić information content (AvgIpc) is 1.80. The molecule has 9 heavy (non-hydrogen) atoms. The normalized spacial score (nSPS) is 45.0. The third kappa shape index (κ3) is 1.84. The van der Waals surface area contributed by atoms with Crippen LogP contribution in [0.5, 0.6) is 0 Å². The van der Waals surface area contributed by atoms with Crippen LogP contribution in [0.15, 0.2) is 0 Å². The van der Waals surface area contributed by atoms with E-state index >= 15 is 0 Å². The lowest BCUT2D eigenvalue weighted by molar-refractivity contribution is 0.350. The molecule has 1 rings (SSSR count). The van der Waals surface area contributed by atoms with E-state index in [-0.39, 0.29) is 0 Å². The van der Waals surface area contributed by atoms with Crippen molar-refractivity contribution < 1.29 is 0 Å². The van der Waals surface area contributed by atoms with E-state index in [0.29, 0.717) is 17.3 Å². The Morgan fingerprint density at radius 1 is 1.44 bits per heavy atom. The van der Waals surface area contributed by atoms with E-state index in [1.54, 1.807) is 0 Å². The molecular formula is C7H14ClN. The summed E-state index contributed by atoms with van der Waals surface area (Å²) in [6.07, 6.45) is 3.32. The van der Waals surface area contributed by atoms with Gasteiger partial charge >= 0.3 is 0 Å². The Balaban J connectivity index is 2.35. The van der Waals surface area contributed by atoms with E-state index < -0.39 is 0 Å². The molecule has 0 aromatic carbocycles. The number of halogens is 1. The zero-order valence-corrected chi connectivity index (χ0v) is 6.56. The standard InChI is InChI=1S/C7H14ClN/c1-5-4-6(9)2-3-7(5)8/h5-7H,2-4,9H2,1H3. The van der Waals surface area contributed by atoms with Gasteiger partial charge in [0.15, 0.2) is 0 Å². The molecule has 54 valence electrons. The van der Waals surface area contributed by atoms with E-state index in [1.807, 2.05) is 0 Å². The predicted molar refractivity (Wildman–Crippen MR) is 40.6 cm³/mol. The van der Waals surface area contributed by atoms with Crippen LogP contribution in [-0.2, 0) is 0 Å².